The van der Waals surface area contributed by atoms with Crippen LogP contribution in [-0.4, -0.2) is 56.6 Å². The van der Waals surface area contributed by atoms with Gasteiger partial charge in [0, 0.05) is 41.7 Å². The first-order chi connectivity index (χ1) is 22.1. The van der Waals surface area contributed by atoms with E-state index < -0.39 is 0 Å². The largest absolute Gasteiger partial charge is 0.487 e. The smallest absolute Gasteiger partial charge is 0.141 e. The Labute approximate surface area is 268 Å². The number of hydrogen-bond donors (Lipinski definition) is 1. The van der Waals surface area contributed by atoms with Crippen LogP contribution in [0.5, 0.6) is 5.75 Å². The minimum atomic E-state index is -0.294. The van der Waals surface area contributed by atoms with Crippen LogP contribution in [-0.2, 0) is 13.2 Å². The van der Waals surface area contributed by atoms with Crippen LogP contribution in [0.4, 0.5) is 15.9 Å². The predicted molar refractivity (Wildman–Crippen MR) is 178 cm³/mol. The Morgan fingerprint density at radius 1 is 0.889 bits per heavy atom. The topological polar surface area (TPSA) is 58.5 Å². The molecular formula is C36H38ClFN6O. The number of benzene rings is 3. The highest BCUT2D eigenvalue weighted by molar-refractivity contribution is 6.32. The van der Waals surface area contributed by atoms with E-state index in [1.165, 1.54) is 76.0 Å². The predicted octanol–water partition coefficient (Wildman–Crippen LogP) is 7.99. The molecule has 2 aliphatic rings. The van der Waals surface area contributed by atoms with Crippen molar-refractivity contribution in [2.45, 2.75) is 51.3 Å². The minimum Gasteiger partial charge on any atom is -0.487 e. The molecule has 2 aliphatic heterocycles. The Balaban J connectivity index is 1.01. The second kappa shape index (κ2) is 13.6. The van der Waals surface area contributed by atoms with Crippen LogP contribution in [0, 0.1) is 5.82 Å². The van der Waals surface area contributed by atoms with E-state index in [0.717, 1.165) is 40.4 Å². The highest BCUT2D eigenvalue weighted by Gasteiger charge is 2.25. The lowest BCUT2D eigenvalue weighted by Crippen LogP contribution is -2.46. The minimum absolute atomic E-state index is 0.224. The normalized spacial score (nSPS) is 16.7. The quantitative estimate of drug-likeness (QED) is 0.179. The number of nitrogens with one attached hydrogen (secondary N) is 1. The third kappa shape index (κ3) is 7.14. The summed E-state index contributed by atoms with van der Waals surface area (Å²) in [6.07, 6.45) is 12.6. The number of hydrogen-bond acceptors (Lipinski definition) is 6. The summed E-state index contributed by atoms with van der Waals surface area (Å²) < 4.78 is 21.5. The maximum atomic E-state index is 13.5. The number of ether oxygens (including phenoxy) is 1. The standard InChI is InChI=1S/C36H38ClFN6O/c37-33-20-29(7-10-35(33)45-24-26-5-4-6-28(38)19-26)41-36-32-21-31(8-9-34(32)39-25-40-36)44-18-11-27(23-44)22-42-16-12-30(13-17-42)43-14-2-1-3-15-43/h4-11,18-21,23,25,30H,1-3,12-17,22,24H2,(H,39,40,41). The van der Waals surface area contributed by atoms with E-state index in [4.69, 9.17) is 16.3 Å². The lowest BCUT2D eigenvalue weighted by atomic mass is 10.00. The Bertz CT molecular complexity index is 1760. The lowest BCUT2D eigenvalue weighted by Gasteiger charge is -2.40. The van der Waals surface area contributed by atoms with Crippen molar-refractivity contribution in [3.8, 4) is 11.4 Å². The van der Waals surface area contributed by atoms with Gasteiger partial charge in [-0.3, -0.25) is 4.90 Å². The van der Waals surface area contributed by atoms with Crippen molar-refractivity contribution in [2.75, 3.05) is 31.5 Å². The summed E-state index contributed by atoms with van der Waals surface area (Å²) in [7, 11) is 0. The van der Waals surface area contributed by atoms with Gasteiger partial charge in [0.1, 0.15) is 30.3 Å². The first-order valence-corrected chi connectivity index (χ1v) is 16.3. The van der Waals surface area contributed by atoms with Gasteiger partial charge in [0.25, 0.3) is 0 Å². The summed E-state index contributed by atoms with van der Waals surface area (Å²) in [6.45, 7) is 6.11. The first-order valence-electron chi connectivity index (χ1n) is 15.9. The van der Waals surface area contributed by atoms with E-state index >= 15 is 0 Å². The van der Waals surface area contributed by atoms with Crippen LogP contribution in [0.25, 0.3) is 16.6 Å². The lowest BCUT2D eigenvalue weighted by molar-refractivity contribution is 0.0896. The van der Waals surface area contributed by atoms with E-state index in [9.17, 15) is 4.39 Å². The maximum Gasteiger partial charge on any atom is 0.141 e. The zero-order valence-electron chi connectivity index (χ0n) is 25.3. The highest BCUT2D eigenvalue weighted by Crippen LogP contribution is 2.32. The number of fused-ring (bicyclic) bond motifs is 1. The van der Waals surface area contributed by atoms with Crippen LogP contribution in [0.3, 0.4) is 0 Å². The van der Waals surface area contributed by atoms with Crippen molar-refractivity contribution < 1.29 is 9.13 Å². The Hall–Kier alpha value is -3.98. The van der Waals surface area contributed by atoms with Crippen molar-refractivity contribution in [3.63, 3.8) is 0 Å². The summed E-state index contributed by atoms with van der Waals surface area (Å²) >= 11 is 6.55. The number of halogens is 2. The third-order valence-electron chi connectivity index (χ3n) is 9.02. The van der Waals surface area contributed by atoms with E-state index in [-0.39, 0.29) is 12.4 Å². The summed E-state index contributed by atoms with van der Waals surface area (Å²) in [6, 6.07) is 21.0. The van der Waals surface area contributed by atoms with Crippen LogP contribution >= 0.6 is 11.6 Å². The molecule has 0 unspecified atom stereocenters. The molecule has 0 aliphatic carbocycles. The van der Waals surface area contributed by atoms with Crippen molar-refractivity contribution in [2.24, 2.45) is 0 Å². The van der Waals surface area contributed by atoms with Crippen molar-refractivity contribution in [1.29, 1.82) is 0 Å². The molecule has 4 heterocycles. The van der Waals surface area contributed by atoms with Gasteiger partial charge < -0.3 is 19.5 Å². The highest BCUT2D eigenvalue weighted by atomic mass is 35.5. The second-order valence-corrected chi connectivity index (χ2v) is 12.6. The zero-order chi connectivity index (χ0) is 30.6. The maximum absolute atomic E-state index is 13.5. The van der Waals surface area contributed by atoms with E-state index in [1.54, 1.807) is 24.5 Å². The average molecular weight is 625 g/mol. The molecule has 0 saturated carbocycles. The van der Waals surface area contributed by atoms with Crippen LogP contribution in [0.2, 0.25) is 5.02 Å². The van der Waals surface area contributed by atoms with Gasteiger partial charge in [-0.15, -0.1) is 0 Å². The third-order valence-corrected chi connectivity index (χ3v) is 9.31. The molecule has 2 fully saturated rings. The van der Waals surface area contributed by atoms with Gasteiger partial charge in [-0.05, 0) is 118 Å². The van der Waals surface area contributed by atoms with Gasteiger partial charge >= 0.3 is 0 Å². The Morgan fingerprint density at radius 3 is 2.58 bits per heavy atom. The molecule has 3 aromatic carbocycles. The summed E-state index contributed by atoms with van der Waals surface area (Å²) in [5.41, 5.74) is 4.73. The fraction of sp³-hybridized carbons (Fsp3) is 0.333. The number of likely N-dealkylation sites (tertiary alicyclic amines) is 2. The molecule has 7 rings (SSSR count). The first kappa shape index (κ1) is 29.7. The number of aromatic nitrogens is 3. The molecule has 0 radical (unpaired) electrons. The molecule has 0 spiro atoms. The van der Waals surface area contributed by atoms with Crippen LogP contribution in [0.1, 0.15) is 43.2 Å². The molecule has 9 heteroatoms. The van der Waals surface area contributed by atoms with Gasteiger partial charge in [-0.2, -0.15) is 0 Å². The van der Waals surface area contributed by atoms with Gasteiger partial charge in [-0.1, -0.05) is 30.2 Å². The fourth-order valence-corrected chi connectivity index (χ4v) is 6.84. The zero-order valence-corrected chi connectivity index (χ0v) is 26.1. The molecule has 2 aromatic heterocycles. The number of anilines is 2. The van der Waals surface area contributed by atoms with Gasteiger partial charge in [-0.25, -0.2) is 14.4 Å². The second-order valence-electron chi connectivity index (χ2n) is 12.1. The molecule has 5 aromatic rings. The van der Waals surface area contributed by atoms with Gasteiger partial charge in [0.15, 0.2) is 0 Å². The number of rotatable bonds is 9. The molecule has 0 bridgehead atoms. The Kier molecular flexibility index (Phi) is 8.96. The molecule has 7 nitrogen and oxygen atoms in total. The average Bonchev–Trinajstić information content (AvgIpc) is 3.54. The van der Waals surface area contributed by atoms with E-state index in [2.05, 4.69) is 60.2 Å². The monoisotopic (exact) mass is 624 g/mol. The fourth-order valence-electron chi connectivity index (χ4n) is 6.60. The molecular weight excluding hydrogens is 587 g/mol. The van der Waals surface area contributed by atoms with Crippen LogP contribution < -0.4 is 10.1 Å². The summed E-state index contributed by atoms with van der Waals surface area (Å²) in [5.74, 6) is 0.921. The number of nitrogens with zero attached hydrogens (tertiary/aromatic N) is 5. The van der Waals surface area contributed by atoms with E-state index in [1.807, 2.05) is 18.2 Å². The number of piperidine rings is 2. The van der Waals surface area contributed by atoms with Crippen molar-refractivity contribution >= 4 is 34.0 Å². The SMILES string of the molecule is Fc1cccc(COc2ccc(Nc3ncnc4ccc(-n5ccc(CN6CCC(N7CCCCC7)CC6)c5)cc34)cc2Cl)c1. The van der Waals surface area contributed by atoms with Gasteiger partial charge in [0.05, 0.1) is 10.5 Å². The molecule has 0 amide bonds. The Morgan fingerprint density at radius 2 is 1.76 bits per heavy atom. The van der Waals surface area contributed by atoms with Crippen molar-refractivity contribution in [3.05, 3.63) is 107 Å². The molecule has 232 valence electrons. The van der Waals surface area contributed by atoms with Crippen molar-refractivity contribution in [1.82, 2.24) is 24.3 Å². The molecule has 45 heavy (non-hydrogen) atoms. The molecule has 2 saturated heterocycles. The summed E-state index contributed by atoms with van der Waals surface area (Å²) in [4.78, 5) is 14.4. The van der Waals surface area contributed by atoms with E-state index in [0.29, 0.717) is 16.6 Å². The summed E-state index contributed by atoms with van der Waals surface area (Å²) in [5, 5.41) is 4.76. The van der Waals surface area contributed by atoms with Crippen LogP contribution in [0.15, 0.2) is 85.5 Å². The molecule has 0 atom stereocenters. The van der Waals surface area contributed by atoms with Gasteiger partial charge in [0.2, 0.25) is 0 Å². The molecule has 1 N–H and O–H groups in total.